The SMILES string of the molecule is CCOC(=O)C[C@@H](C)[C@H](NC(=O)[C@@H](Cc1ccccc1)NC(=O)OCc1ccccc1)C(N)=O. The summed E-state index contributed by atoms with van der Waals surface area (Å²) in [6, 6.07) is 16.0. The summed E-state index contributed by atoms with van der Waals surface area (Å²) >= 11 is 0. The van der Waals surface area contributed by atoms with Crippen LogP contribution in [0.3, 0.4) is 0 Å². The maximum Gasteiger partial charge on any atom is 0.408 e. The normalized spacial score (nSPS) is 13.1. The first-order chi connectivity index (χ1) is 16.3. The summed E-state index contributed by atoms with van der Waals surface area (Å²) in [6.45, 7) is 3.52. The summed E-state index contributed by atoms with van der Waals surface area (Å²) < 4.78 is 10.2. The number of nitrogens with one attached hydrogen (secondary N) is 2. The van der Waals surface area contributed by atoms with E-state index < -0.39 is 41.9 Å². The maximum atomic E-state index is 13.1. The molecule has 0 saturated carbocycles. The number of primary amides is 1. The number of carbonyl (C=O) groups is 4. The Kier molecular flexibility index (Phi) is 10.6. The van der Waals surface area contributed by atoms with Gasteiger partial charge in [-0.15, -0.1) is 0 Å². The highest BCUT2D eigenvalue weighted by Crippen LogP contribution is 2.11. The van der Waals surface area contributed by atoms with Gasteiger partial charge in [-0.25, -0.2) is 4.79 Å². The van der Waals surface area contributed by atoms with Crippen molar-refractivity contribution in [3.63, 3.8) is 0 Å². The quantitative estimate of drug-likeness (QED) is 0.407. The van der Waals surface area contributed by atoms with Gasteiger partial charge in [-0.1, -0.05) is 67.6 Å². The van der Waals surface area contributed by atoms with Crippen molar-refractivity contribution in [1.82, 2.24) is 10.6 Å². The van der Waals surface area contributed by atoms with Gasteiger partial charge in [0.15, 0.2) is 0 Å². The van der Waals surface area contributed by atoms with E-state index in [0.717, 1.165) is 11.1 Å². The predicted molar refractivity (Wildman–Crippen MR) is 125 cm³/mol. The Balaban J connectivity index is 2.09. The van der Waals surface area contributed by atoms with Crippen LogP contribution in [0.1, 0.15) is 31.4 Å². The number of rotatable bonds is 12. The first-order valence-corrected chi connectivity index (χ1v) is 11.1. The Hall–Kier alpha value is -3.88. The zero-order valence-corrected chi connectivity index (χ0v) is 19.4. The van der Waals surface area contributed by atoms with Crippen LogP contribution in [0.4, 0.5) is 4.79 Å². The molecule has 0 unspecified atom stereocenters. The minimum absolute atomic E-state index is 0.0346. The summed E-state index contributed by atoms with van der Waals surface area (Å²) in [5.74, 6) is -2.53. The molecule has 0 bridgehead atoms. The summed E-state index contributed by atoms with van der Waals surface area (Å²) in [7, 11) is 0. The molecule has 2 aromatic carbocycles. The molecule has 4 N–H and O–H groups in total. The Bertz CT molecular complexity index is 952. The maximum absolute atomic E-state index is 13.1. The third-order valence-electron chi connectivity index (χ3n) is 5.07. The molecule has 3 atom stereocenters. The molecule has 0 aromatic heterocycles. The van der Waals surface area contributed by atoms with E-state index in [-0.39, 0.29) is 26.1 Å². The van der Waals surface area contributed by atoms with Gasteiger partial charge >= 0.3 is 12.1 Å². The molecule has 0 radical (unpaired) electrons. The summed E-state index contributed by atoms with van der Waals surface area (Å²) in [6.07, 6.45) is -0.724. The minimum Gasteiger partial charge on any atom is -0.466 e. The average Bonchev–Trinajstić information content (AvgIpc) is 2.81. The molecule has 0 aliphatic rings. The fourth-order valence-corrected chi connectivity index (χ4v) is 3.31. The second-order valence-corrected chi connectivity index (χ2v) is 7.82. The van der Waals surface area contributed by atoms with Crippen molar-refractivity contribution in [3.8, 4) is 0 Å². The lowest BCUT2D eigenvalue weighted by Gasteiger charge is -2.25. The highest BCUT2D eigenvalue weighted by Gasteiger charge is 2.31. The fourth-order valence-electron chi connectivity index (χ4n) is 3.31. The Morgan fingerprint density at radius 2 is 1.47 bits per heavy atom. The van der Waals surface area contributed by atoms with Gasteiger partial charge in [0.1, 0.15) is 18.7 Å². The lowest BCUT2D eigenvalue weighted by atomic mass is 9.96. The molecule has 0 saturated heterocycles. The number of hydrogen-bond donors (Lipinski definition) is 3. The van der Waals surface area contributed by atoms with Gasteiger partial charge in [-0.3, -0.25) is 14.4 Å². The standard InChI is InChI=1S/C25H31N3O6/c1-3-33-21(29)14-17(2)22(23(26)30)28-24(31)20(15-18-10-6-4-7-11-18)27-25(32)34-16-19-12-8-5-9-13-19/h4-13,17,20,22H,3,14-16H2,1-2H3,(H2,26,30)(H,27,32)(H,28,31)/t17-,20-,22+/m1/s1. The van der Waals surface area contributed by atoms with Crippen LogP contribution in [-0.4, -0.2) is 42.6 Å². The van der Waals surface area contributed by atoms with Crippen molar-refractivity contribution < 1.29 is 28.7 Å². The molecular formula is C25H31N3O6. The molecule has 9 heteroatoms. The van der Waals surface area contributed by atoms with Crippen LogP contribution >= 0.6 is 0 Å². The molecule has 2 rings (SSSR count). The van der Waals surface area contributed by atoms with E-state index in [0.29, 0.717) is 0 Å². The summed E-state index contributed by atoms with van der Waals surface area (Å²) in [5.41, 5.74) is 7.07. The first-order valence-electron chi connectivity index (χ1n) is 11.1. The number of esters is 1. The van der Waals surface area contributed by atoms with E-state index in [9.17, 15) is 19.2 Å². The van der Waals surface area contributed by atoms with E-state index >= 15 is 0 Å². The first kappa shape index (κ1) is 26.4. The van der Waals surface area contributed by atoms with Gasteiger partial charge in [-0.05, 0) is 24.0 Å². The predicted octanol–water partition coefficient (Wildman–Crippen LogP) is 2.08. The second kappa shape index (κ2) is 13.6. The van der Waals surface area contributed by atoms with Crippen LogP contribution < -0.4 is 16.4 Å². The lowest BCUT2D eigenvalue weighted by Crippen LogP contribution is -2.55. The van der Waals surface area contributed by atoms with Gasteiger partial charge in [0.2, 0.25) is 11.8 Å². The molecule has 0 aliphatic heterocycles. The Labute approximate surface area is 199 Å². The van der Waals surface area contributed by atoms with Crippen LogP contribution in [0.5, 0.6) is 0 Å². The van der Waals surface area contributed by atoms with E-state index in [2.05, 4.69) is 10.6 Å². The largest absolute Gasteiger partial charge is 0.466 e. The number of ether oxygens (including phenoxy) is 2. The topological polar surface area (TPSA) is 137 Å². The molecule has 3 amide bonds. The highest BCUT2D eigenvalue weighted by atomic mass is 16.5. The van der Waals surface area contributed by atoms with Gasteiger partial charge in [0, 0.05) is 6.42 Å². The number of nitrogens with two attached hydrogens (primary N) is 1. The van der Waals surface area contributed by atoms with Crippen molar-refractivity contribution in [3.05, 3.63) is 71.8 Å². The third-order valence-corrected chi connectivity index (χ3v) is 5.07. The number of alkyl carbamates (subject to hydrolysis) is 1. The summed E-state index contributed by atoms with van der Waals surface area (Å²) in [5, 5.41) is 5.13. The number of carbonyl (C=O) groups excluding carboxylic acids is 4. The smallest absolute Gasteiger partial charge is 0.408 e. The molecule has 0 fully saturated rings. The minimum atomic E-state index is -1.13. The molecule has 34 heavy (non-hydrogen) atoms. The van der Waals surface area contributed by atoms with E-state index in [1.807, 2.05) is 60.7 Å². The molecule has 0 heterocycles. The Morgan fingerprint density at radius 3 is 2.03 bits per heavy atom. The number of benzene rings is 2. The van der Waals surface area contributed by atoms with Crippen LogP contribution in [0.2, 0.25) is 0 Å². The van der Waals surface area contributed by atoms with E-state index in [4.69, 9.17) is 15.2 Å². The molecule has 0 aliphatic carbocycles. The lowest BCUT2D eigenvalue weighted by molar-refractivity contribution is -0.145. The van der Waals surface area contributed by atoms with Crippen molar-refractivity contribution in [2.75, 3.05) is 6.61 Å². The van der Waals surface area contributed by atoms with E-state index in [1.165, 1.54) is 0 Å². The van der Waals surface area contributed by atoms with Crippen LogP contribution in [-0.2, 0) is 36.9 Å². The van der Waals surface area contributed by atoms with Crippen molar-refractivity contribution in [1.29, 1.82) is 0 Å². The summed E-state index contributed by atoms with van der Waals surface area (Å²) in [4.78, 5) is 49.3. The molecule has 0 spiro atoms. The van der Waals surface area contributed by atoms with Crippen molar-refractivity contribution in [2.24, 2.45) is 11.7 Å². The van der Waals surface area contributed by atoms with Gasteiger partial charge < -0.3 is 25.8 Å². The average molecular weight is 470 g/mol. The Morgan fingerprint density at radius 1 is 0.882 bits per heavy atom. The van der Waals surface area contributed by atoms with Gasteiger partial charge in [-0.2, -0.15) is 0 Å². The molecule has 9 nitrogen and oxygen atoms in total. The zero-order chi connectivity index (χ0) is 24.9. The monoisotopic (exact) mass is 469 g/mol. The molecule has 182 valence electrons. The molecular weight excluding hydrogens is 438 g/mol. The van der Waals surface area contributed by atoms with Crippen molar-refractivity contribution >= 4 is 23.9 Å². The third kappa shape index (κ3) is 8.93. The number of amides is 3. The van der Waals surface area contributed by atoms with Crippen molar-refractivity contribution in [2.45, 2.75) is 45.4 Å². The van der Waals surface area contributed by atoms with Crippen LogP contribution in [0, 0.1) is 5.92 Å². The van der Waals surface area contributed by atoms with Crippen LogP contribution in [0.25, 0.3) is 0 Å². The fraction of sp³-hybridized carbons (Fsp3) is 0.360. The second-order valence-electron chi connectivity index (χ2n) is 7.82. The molecule has 2 aromatic rings. The van der Waals surface area contributed by atoms with Gasteiger partial charge in [0.25, 0.3) is 0 Å². The zero-order valence-electron chi connectivity index (χ0n) is 19.4. The highest BCUT2D eigenvalue weighted by molar-refractivity contribution is 5.91. The van der Waals surface area contributed by atoms with E-state index in [1.54, 1.807) is 13.8 Å². The van der Waals surface area contributed by atoms with Crippen LogP contribution in [0.15, 0.2) is 60.7 Å². The van der Waals surface area contributed by atoms with Gasteiger partial charge in [0.05, 0.1) is 13.0 Å². The number of hydrogen-bond acceptors (Lipinski definition) is 6.